The van der Waals surface area contributed by atoms with E-state index < -0.39 is 0 Å². The van der Waals surface area contributed by atoms with Gasteiger partial charge in [0, 0.05) is 24.7 Å². The summed E-state index contributed by atoms with van der Waals surface area (Å²) in [6.07, 6.45) is 2.52. The molecule has 2 aromatic rings. The van der Waals surface area contributed by atoms with Crippen molar-refractivity contribution in [2.24, 2.45) is 0 Å². The topological polar surface area (TPSA) is 54.0 Å². The second-order valence-corrected chi connectivity index (χ2v) is 4.77. The van der Waals surface area contributed by atoms with Crippen LogP contribution in [0.4, 0.5) is 5.82 Å². The Hall–Kier alpha value is -1.88. The summed E-state index contributed by atoms with van der Waals surface area (Å²) in [4.78, 5) is 17.3. The Morgan fingerprint density at radius 3 is 3.00 bits per heavy atom. The summed E-state index contributed by atoms with van der Waals surface area (Å²) in [5.74, 6) is 0.509. The van der Waals surface area contributed by atoms with Gasteiger partial charge in [-0.05, 0) is 30.0 Å². The minimum atomic E-state index is -0.0935. The third kappa shape index (κ3) is 3.07. The Kier molecular flexibility index (Phi) is 4.30. The highest BCUT2D eigenvalue weighted by Gasteiger charge is 2.10. The highest BCUT2D eigenvalue weighted by molar-refractivity contribution is 7.09. The van der Waals surface area contributed by atoms with Gasteiger partial charge in [-0.2, -0.15) is 0 Å². The zero-order valence-electron chi connectivity index (χ0n) is 10.1. The zero-order valence-corrected chi connectivity index (χ0v) is 11.0. The summed E-state index contributed by atoms with van der Waals surface area (Å²) < 4.78 is 0. The smallest absolute Gasteiger partial charge is 0.255 e. The van der Waals surface area contributed by atoms with E-state index in [1.807, 2.05) is 11.4 Å². The Labute approximate surface area is 110 Å². The van der Waals surface area contributed by atoms with E-state index >= 15 is 0 Å². The van der Waals surface area contributed by atoms with Gasteiger partial charge in [-0.25, -0.2) is 4.98 Å². The highest BCUT2D eigenvalue weighted by Crippen LogP contribution is 2.11. The molecule has 0 aliphatic rings. The number of thiophene rings is 1. The number of aromatic nitrogens is 1. The Bertz CT molecular complexity index is 511. The van der Waals surface area contributed by atoms with Gasteiger partial charge in [0.05, 0.1) is 5.56 Å². The first-order chi connectivity index (χ1) is 8.81. The van der Waals surface area contributed by atoms with Crippen molar-refractivity contribution in [2.75, 3.05) is 18.9 Å². The molecule has 18 heavy (non-hydrogen) atoms. The first-order valence-corrected chi connectivity index (χ1v) is 6.62. The molecule has 0 fully saturated rings. The van der Waals surface area contributed by atoms with Crippen LogP contribution in [0.2, 0.25) is 0 Å². The molecule has 5 heteroatoms. The van der Waals surface area contributed by atoms with Gasteiger partial charge in [0.2, 0.25) is 0 Å². The molecule has 0 spiro atoms. The predicted molar refractivity (Wildman–Crippen MR) is 74.1 cm³/mol. The van der Waals surface area contributed by atoms with E-state index in [9.17, 15) is 4.79 Å². The summed E-state index contributed by atoms with van der Waals surface area (Å²) in [5.41, 5.74) is 0.575. The van der Waals surface area contributed by atoms with Crippen molar-refractivity contribution >= 4 is 23.1 Å². The monoisotopic (exact) mass is 261 g/mol. The van der Waals surface area contributed by atoms with Crippen molar-refractivity contribution in [3.05, 3.63) is 46.3 Å². The molecule has 1 amide bonds. The normalized spacial score (nSPS) is 10.1. The fourth-order valence-corrected chi connectivity index (χ4v) is 2.35. The molecule has 0 atom stereocenters. The third-order valence-electron chi connectivity index (χ3n) is 2.53. The molecule has 0 unspecified atom stereocenters. The zero-order chi connectivity index (χ0) is 12.8. The number of anilines is 1. The van der Waals surface area contributed by atoms with Gasteiger partial charge in [0.15, 0.2) is 0 Å². The number of rotatable bonds is 5. The highest BCUT2D eigenvalue weighted by atomic mass is 32.1. The summed E-state index contributed by atoms with van der Waals surface area (Å²) in [7, 11) is 1.75. The van der Waals surface area contributed by atoms with E-state index in [2.05, 4.69) is 21.7 Å². The van der Waals surface area contributed by atoms with E-state index in [4.69, 9.17) is 0 Å². The van der Waals surface area contributed by atoms with Gasteiger partial charge >= 0.3 is 0 Å². The van der Waals surface area contributed by atoms with Crippen LogP contribution in [0.1, 0.15) is 15.2 Å². The van der Waals surface area contributed by atoms with E-state index in [1.54, 1.807) is 36.7 Å². The van der Waals surface area contributed by atoms with Crippen LogP contribution in [0.25, 0.3) is 0 Å². The SMILES string of the molecule is CNc1ncccc1C(=O)NCCc1cccs1. The first kappa shape index (κ1) is 12.6. The van der Waals surface area contributed by atoms with Crippen LogP contribution >= 0.6 is 11.3 Å². The molecule has 2 aromatic heterocycles. The van der Waals surface area contributed by atoms with Crippen molar-refractivity contribution in [1.82, 2.24) is 10.3 Å². The quantitative estimate of drug-likeness (QED) is 0.867. The molecule has 0 aromatic carbocycles. The van der Waals surface area contributed by atoms with Gasteiger partial charge in [0.25, 0.3) is 5.91 Å². The molecule has 2 heterocycles. The molecular weight excluding hydrogens is 246 g/mol. The Morgan fingerprint density at radius 1 is 1.39 bits per heavy atom. The maximum absolute atomic E-state index is 12.0. The van der Waals surface area contributed by atoms with Crippen LogP contribution in [-0.4, -0.2) is 24.5 Å². The van der Waals surface area contributed by atoms with Gasteiger partial charge in [-0.15, -0.1) is 11.3 Å². The van der Waals surface area contributed by atoms with Crippen molar-refractivity contribution in [3.8, 4) is 0 Å². The molecule has 2 N–H and O–H groups in total. The minimum Gasteiger partial charge on any atom is -0.372 e. The maximum Gasteiger partial charge on any atom is 0.255 e. The first-order valence-electron chi connectivity index (χ1n) is 5.74. The number of amides is 1. The second-order valence-electron chi connectivity index (χ2n) is 3.73. The molecule has 0 radical (unpaired) electrons. The molecule has 0 saturated heterocycles. The Balaban J connectivity index is 1.91. The van der Waals surface area contributed by atoms with Crippen LogP contribution in [0.5, 0.6) is 0 Å². The summed E-state index contributed by atoms with van der Waals surface area (Å²) >= 11 is 1.70. The standard InChI is InChI=1S/C13H15N3OS/c1-14-12-11(5-2-7-15-12)13(17)16-8-6-10-4-3-9-18-10/h2-5,7,9H,6,8H2,1H3,(H,14,15)(H,16,17). The lowest BCUT2D eigenvalue weighted by Crippen LogP contribution is -2.26. The number of carbonyl (C=O) groups is 1. The van der Waals surface area contributed by atoms with Crippen LogP contribution < -0.4 is 10.6 Å². The third-order valence-corrected chi connectivity index (χ3v) is 3.46. The lowest BCUT2D eigenvalue weighted by Gasteiger charge is -2.08. The summed E-state index contributed by atoms with van der Waals surface area (Å²) in [6, 6.07) is 7.61. The lowest BCUT2D eigenvalue weighted by atomic mass is 10.2. The van der Waals surface area contributed by atoms with Gasteiger partial charge < -0.3 is 10.6 Å². The predicted octanol–water partition coefficient (Wildman–Crippen LogP) is 2.16. The molecule has 0 aliphatic heterocycles. The van der Waals surface area contributed by atoms with E-state index in [1.165, 1.54) is 4.88 Å². The number of carbonyl (C=O) groups excluding carboxylic acids is 1. The minimum absolute atomic E-state index is 0.0935. The molecule has 0 saturated carbocycles. The van der Waals surface area contributed by atoms with Crippen molar-refractivity contribution < 1.29 is 4.79 Å². The number of nitrogens with zero attached hydrogens (tertiary/aromatic N) is 1. The van der Waals surface area contributed by atoms with Crippen LogP contribution in [0.15, 0.2) is 35.8 Å². The van der Waals surface area contributed by atoms with Gasteiger partial charge in [0.1, 0.15) is 5.82 Å². The number of hydrogen-bond donors (Lipinski definition) is 2. The lowest BCUT2D eigenvalue weighted by molar-refractivity contribution is 0.0954. The maximum atomic E-state index is 12.0. The average molecular weight is 261 g/mol. The van der Waals surface area contributed by atoms with E-state index in [-0.39, 0.29) is 5.91 Å². The number of hydrogen-bond acceptors (Lipinski definition) is 4. The molecule has 0 bridgehead atoms. The average Bonchev–Trinajstić information content (AvgIpc) is 2.91. The van der Waals surface area contributed by atoms with Crippen molar-refractivity contribution in [3.63, 3.8) is 0 Å². The van der Waals surface area contributed by atoms with Crippen LogP contribution in [0, 0.1) is 0 Å². The van der Waals surface area contributed by atoms with E-state index in [0.29, 0.717) is 17.9 Å². The van der Waals surface area contributed by atoms with Gasteiger partial charge in [-0.1, -0.05) is 6.07 Å². The molecular formula is C13H15N3OS. The molecule has 2 rings (SSSR count). The molecule has 94 valence electrons. The molecule has 0 aliphatic carbocycles. The van der Waals surface area contributed by atoms with Crippen molar-refractivity contribution in [2.45, 2.75) is 6.42 Å². The number of nitrogens with one attached hydrogen (secondary N) is 2. The van der Waals surface area contributed by atoms with Crippen LogP contribution in [0.3, 0.4) is 0 Å². The summed E-state index contributed by atoms with van der Waals surface area (Å²) in [5, 5.41) is 7.85. The summed E-state index contributed by atoms with van der Waals surface area (Å²) in [6.45, 7) is 0.636. The second kappa shape index (κ2) is 6.16. The largest absolute Gasteiger partial charge is 0.372 e. The Morgan fingerprint density at radius 2 is 2.28 bits per heavy atom. The fourth-order valence-electron chi connectivity index (χ4n) is 1.64. The van der Waals surface area contributed by atoms with Gasteiger partial charge in [-0.3, -0.25) is 4.79 Å². The van der Waals surface area contributed by atoms with Crippen LogP contribution in [-0.2, 0) is 6.42 Å². The van der Waals surface area contributed by atoms with E-state index in [0.717, 1.165) is 6.42 Å². The number of pyridine rings is 1. The molecule has 4 nitrogen and oxygen atoms in total. The van der Waals surface area contributed by atoms with Crippen molar-refractivity contribution in [1.29, 1.82) is 0 Å². The fraction of sp³-hybridized carbons (Fsp3) is 0.231.